The second-order valence-electron chi connectivity index (χ2n) is 5.08. The first kappa shape index (κ1) is 18.4. The Hall–Kier alpha value is -1.98. The number of alkyl halides is 6. The number of aromatic nitrogens is 2. The van der Waals surface area contributed by atoms with Crippen LogP contribution in [0.2, 0.25) is 0 Å². The third-order valence-corrected chi connectivity index (χ3v) is 3.07. The average Bonchev–Trinajstić information content (AvgIpc) is 2.78. The van der Waals surface area contributed by atoms with Crippen LogP contribution in [-0.2, 0) is 16.1 Å². The maximum absolute atomic E-state index is 12.4. The predicted octanol–water partition coefficient (Wildman–Crippen LogP) is 2.50. The van der Waals surface area contributed by atoms with E-state index in [0.29, 0.717) is 30.7 Å². The molecule has 12 heteroatoms. The van der Waals surface area contributed by atoms with E-state index >= 15 is 0 Å². The van der Waals surface area contributed by atoms with Crippen LogP contribution < -0.4 is 10.1 Å². The van der Waals surface area contributed by atoms with E-state index in [-0.39, 0.29) is 11.7 Å². The SMILES string of the molecule is O=C(Oc1nn(CC(F)(F)F)cc1NC1CCOCC1)C(F)(F)F. The summed E-state index contributed by atoms with van der Waals surface area (Å²) in [5.41, 5.74) is -0.219. The van der Waals surface area contributed by atoms with E-state index in [2.05, 4.69) is 15.2 Å². The first-order valence-electron chi connectivity index (χ1n) is 6.82. The van der Waals surface area contributed by atoms with Crippen LogP contribution in [0.25, 0.3) is 0 Å². The van der Waals surface area contributed by atoms with Gasteiger partial charge >= 0.3 is 18.3 Å². The molecule has 1 N–H and O–H groups in total. The van der Waals surface area contributed by atoms with Gasteiger partial charge in [-0.15, -0.1) is 5.10 Å². The minimum Gasteiger partial charge on any atom is -0.397 e. The summed E-state index contributed by atoms with van der Waals surface area (Å²) in [5.74, 6) is -3.41. The van der Waals surface area contributed by atoms with Crippen LogP contribution in [0.1, 0.15) is 12.8 Å². The van der Waals surface area contributed by atoms with Crippen molar-refractivity contribution in [2.75, 3.05) is 18.5 Å². The van der Waals surface area contributed by atoms with E-state index in [1.165, 1.54) is 0 Å². The lowest BCUT2D eigenvalue weighted by Crippen LogP contribution is -2.30. The Bertz CT molecular complexity index is 578. The van der Waals surface area contributed by atoms with Crippen molar-refractivity contribution in [3.63, 3.8) is 0 Å². The van der Waals surface area contributed by atoms with Crippen LogP contribution in [0.5, 0.6) is 5.88 Å². The second-order valence-corrected chi connectivity index (χ2v) is 5.08. The van der Waals surface area contributed by atoms with Crippen molar-refractivity contribution in [1.29, 1.82) is 0 Å². The third kappa shape index (κ3) is 5.28. The van der Waals surface area contributed by atoms with Gasteiger partial charge in [0, 0.05) is 19.3 Å². The minimum atomic E-state index is -5.29. The molecule has 0 saturated carbocycles. The lowest BCUT2D eigenvalue weighted by molar-refractivity contribution is -0.190. The van der Waals surface area contributed by atoms with Crippen LogP contribution in [-0.4, -0.2) is 47.4 Å². The zero-order valence-corrected chi connectivity index (χ0v) is 12.1. The van der Waals surface area contributed by atoms with Gasteiger partial charge in [-0.05, 0) is 12.8 Å². The summed E-state index contributed by atoms with van der Waals surface area (Å²) in [5, 5.41) is 6.01. The number of hydrogen-bond acceptors (Lipinski definition) is 5. The second kappa shape index (κ2) is 6.87. The molecule has 0 aliphatic carbocycles. The molecule has 1 aromatic rings. The first-order chi connectivity index (χ1) is 11.0. The topological polar surface area (TPSA) is 65.4 Å². The molecule has 0 spiro atoms. The van der Waals surface area contributed by atoms with Crippen molar-refractivity contribution >= 4 is 11.7 Å². The van der Waals surface area contributed by atoms with E-state index in [1.54, 1.807) is 0 Å². The molecule has 0 aromatic carbocycles. The smallest absolute Gasteiger partial charge is 0.397 e. The van der Waals surface area contributed by atoms with Gasteiger partial charge in [0.05, 0.1) is 6.20 Å². The number of hydrogen-bond donors (Lipinski definition) is 1. The molecule has 2 rings (SSSR count). The van der Waals surface area contributed by atoms with Crippen LogP contribution in [0, 0.1) is 0 Å². The van der Waals surface area contributed by atoms with E-state index in [1.807, 2.05) is 0 Å². The highest BCUT2D eigenvalue weighted by Crippen LogP contribution is 2.29. The molecule has 1 fully saturated rings. The number of esters is 1. The summed E-state index contributed by atoms with van der Waals surface area (Å²) >= 11 is 0. The van der Waals surface area contributed by atoms with Crippen molar-refractivity contribution in [3.05, 3.63) is 6.20 Å². The number of nitrogens with one attached hydrogen (secondary N) is 1. The fourth-order valence-corrected chi connectivity index (χ4v) is 2.05. The molecule has 6 nitrogen and oxygen atoms in total. The number of halogens is 6. The van der Waals surface area contributed by atoms with Gasteiger partial charge in [0.1, 0.15) is 12.2 Å². The Kier molecular flexibility index (Phi) is 5.26. The quantitative estimate of drug-likeness (QED) is 0.660. The molecular formula is C12H13F6N3O3. The zero-order valence-electron chi connectivity index (χ0n) is 12.1. The number of carbonyl (C=O) groups is 1. The Morgan fingerprint density at radius 2 is 1.92 bits per heavy atom. The maximum atomic E-state index is 12.4. The molecule has 2 heterocycles. The van der Waals surface area contributed by atoms with Crippen LogP contribution in [0.3, 0.4) is 0 Å². The minimum absolute atomic E-state index is 0.219. The molecule has 1 aliphatic rings. The number of ether oxygens (including phenoxy) is 2. The third-order valence-electron chi connectivity index (χ3n) is 3.07. The molecular weight excluding hydrogens is 348 g/mol. The number of nitrogens with zero attached hydrogens (tertiary/aromatic N) is 2. The fraction of sp³-hybridized carbons (Fsp3) is 0.667. The van der Waals surface area contributed by atoms with Gasteiger partial charge in [0.25, 0.3) is 5.88 Å². The predicted molar refractivity (Wildman–Crippen MR) is 67.4 cm³/mol. The van der Waals surface area contributed by atoms with E-state index in [0.717, 1.165) is 6.20 Å². The van der Waals surface area contributed by atoms with Gasteiger partial charge in [-0.3, -0.25) is 4.68 Å². The average molecular weight is 361 g/mol. The lowest BCUT2D eigenvalue weighted by atomic mass is 10.1. The molecule has 24 heavy (non-hydrogen) atoms. The van der Waals surface area contributed by atoms with E-state index in [9.17, 15) is 31.1 Å². The zero-order chi connectivity index (χ0) is 18.0. The summed E-state index contributed by atoms with van der Waals surface area (Å²) in [6, 6.07) is -0.245. The normalized spacial score (nSPS) is 16.9. The van der Waals surface area contributed by atoms with Gasteiger partial charge in [0.15, 0.2) is 0 Å². The van der Waals surface area contributed by atoms with Gasteiger partial charge < -0.3 is 14.8 Å². The van der Waals surface area contributed by atoms with Crippen molar-refractivity contribution in [2.45, 2.75) is 37.8 Å². The molecule has 0 unspecified atom stereocenters. The van der Waals surface area contributed by atoms with Gasteiger partial charge in [-0.1, -0.05) is 0 Å². The van der Waals surface area contributed by atoms with Gasteiger partial charge in [0.2, 0.25) is 0 Å². The Labute approximate surface area is 131 Å². The van der Waals surface area contributed by atoms with Crippen LogP contribution in [0.15, 0.2) is 6.20 Å². The number of rotatable bonds is 4. The standard InChI is InChI=1S/C12H13F6N3O3/c13-11(14,15)6-21-5-8(19-7-1-3-23-4-2-7)9(20-21)24-10(22)12(16,17)18/h5,7,19H,1-4,6H2. The Balaban J connectivity index is 2.19. The van der Waals surface area contributed by atoms with E-state index < -0.39 is 30.7 Å². The first-order valence-corrected chi connectivity index (χ1v) is 6.82. The van der Waals surface area contributed by atoms with E-state index in [4.69, 9.17) is 4.74 Å². The van der Waals surface area contributed by atoms with Crippen molar-refractivity contribution < 1.29 is 40.6 Å². The fourth-order valence-electron chi connectivity index (χ4n) is 2.05. The van der Waals surface area contributed by atoms with Crippen LogP contribution >= 0.6 is 0 Å². The largest absolute Gasteiger partial charge is 0.491 e. The lowest BCUT2D eigenvalue weighted by Gasteiger charge is -2.23. The molecule has 0 amide bonds. The van der Waals surface area contributed by atoms with Crippen molar-refractivity contribution in [1.82, 2.24) is 9.78 Å². The molecule has 0 atom stereocenters. The summed E-state index contributed by atoms with van der Waals surface area (Å²) in [6.45, 7) is -0.739. The monoisotopic (exact) mass is 361 g/mol. The molecule has 136 valence electrons. The maximum Gasteiger partial charge on any atom is 0.491 e. The Morgan fingerprint density at radius 1 is 1.29 bits per heavy atom. The van der Waals surface area contributed by atoms with Crippen molar-refractivity contribution in [3.8, 4) is 5.88 Å². The highest BCUT2D eigenvalue weighted by atomic mass is 19.4. The molecule has 1 saturated heterocycles. The van der Waals surface area contributed by atoms with Gasteiger partial charge in [-0.2, -0.15) is 26.3 Å². The molecule has 1 aliphatic heterocycles. The summed E-state index contributed by atoms with van der Waals surface area (Å²) in [6.07, 6.45) is -8.08. The highest BCUT2D eigenvalue weighted by molar-refractivity contribution is 5.79. The van der Waals surface area contributed by atoms with Crippen molar-refractivity contribution in [2.24, 2.45) is 0 Å². The van der Waals surface area contributed by atoms with Crippen LogP contribution in [0.4, 0.5) is 32.0 Å². The highest BCUT2D eigenvalue weighted by Gasteiger charge is 2.42. The molecule has 1 aromatic heterocycles. The molecule has 0 radical (unpaired) electrons. The summed E-state index contributed by atoms with van der Waals surface area (Å²) in [4.78, 5) is 10.9. The number of anilines is 1. The molecule has 0 bridgehead atoms. The Morgan fingerprint density at radius 3 is 2.46 bits per heavy atom. The summed E-state index contributed by atoms with van der Waals surface area (Å²) < 4.78 is 83.6. The summed E-state index contributed by atoms with van der Waals surface area (Å²) in [7, 11) is 0. The van der Waals surface area contributed by atoms with Gasteiger partial charge in [-0.25, -0.2) is 4.79 Å². The number of carbonyl (C=O) groups excluding carboxylic acids is 1.